The summed E-state index contributed by atoms with van der Waals surface area (Å²) >= 11 is 0. The largest absolute Gasteiger partial charge is 0.396 e. The van der Waals surface area contributed by atoms with E-state index in [9.17, 15) is 13.5 Å². The van der Waals surface area contributed by atoms with Crippen molar-refractivity contribution in [2.45, 2.75) is 10.8 Å². The van der Waals surface area contributed by atoms with Crippen molar-refractivity contribution in [3.63, 3.8) is 0 Å². The Bertz CT molecular complexity index is 656. The second kappa shape index (κ2) is 6.85. The van der Waals surface area contributed by atoms with E-state index in [2.05, 4.69) is 0 Å². The number of aliphatic hydroxyl groups is 1. The monoisotopic (exact) mass is 305 g/mol. The molecule has 2 aromatic rings. The van der Waals surface area contributed by atoms with Crippen LogP contribution in [0.15, 0.2) is 65.6 Å². The minimum Gasteiger partial charge on any atom is -0.396 e. The van der Waals surface area contributed by atoms with Gasteiger partial charge in [-0.05, 0) is 17.7 Å². The number of nitrogens with zero attached hydrogens (tertiary/aromatic N) is 1. The van der Waals surface area contributed by atoms with Crippen LogP contribution in [0.25, 0.3) is 0 Å². The number of benzene rings is 2. The van der Waals surface area contributed by atoms with Crippen molar-refractivity contribution in [3.8, 4) is 0 Å². The van der Waals surface area contributed by atoms with Gasteiger partial charge in [0.05, 0.1) is 11.5 Å². The molecule has 0 amide bonds. The Morgan fingerprint density at radius 1 is 1.00 bits per heavy atom. The Kier molecular flexibility index (Phi) is 5.12. The quantitative estimate of drug-likeness (QED) is 0.889. The second-order valence-electron chi connectivity index (χ2n) is 4.89. The van der Waals surface area contributed by atoms with Crippen LogP contribution in [0.5, 0.6) is 0 Å². The number of aliphatic hydroxyl groups excluding tert-OH is 1. The van der Waals surface area contributed by atoms with Crippen molar-refractivity contribution in [2.75, 3.05) is 20.2 Å². The average molecular weight is 305 g/mol. The molecular formula is C16H19NO3S. The van der Waals surface area contributed by atoms with Crippen LogP contribution in [0, 0.1) is 0 Å². The molecule has 2 aromatic carbocycles. The van der Waals surface area contributed by atoms with Gasteiger partial charge >= 0.3 is 0 Å². The lowest BCUT2D eigenvalue weighted by molar-refractivity contribution is 0.249. The zero-order chi connectivity index (χ0) is 15.3. The lowest BCUT2D eigenvalue weighted by Crippen LogP contribution is -2.32. The van der Waals surface area contributed by atoms with Gasteiger partial charge in [0, 0.05) is 19.5 Å². The standard InChI is InChI=1S/C16H19NO3S/c1-17(21(19,20)16-10-6-3-7-11-16)12-15(13-18)14-8-4-2-5-9-14/h2-11,15,18H,12-13H2,1H3. The smallest absolute Gasteiger partial charge is 0.242 e. The minimum absolute atomic E-state index is 0.0985. The van der Waals surface area contributed by atoms with Crippen LogP contribution in [0.4, 0.5) is 0 Å². The lowest BCUT2D eigenvalue weighted by Gasteiger charge is -2.23. The highest BCUT2D eigenvalue weighted by atomic mass is 32.2. The Hall–Kier alpha value is -1.69. The van der Waals surface area contributed by atoms with Gasteiger partial charge in [0.25, 0.3) is 0 Å². The third-order valence-corrected chi connectivity index (χ3v) is 5.26. The first-order valence-corrected chi connectivity index (χ1v) is 8.17. The molecular weight excluding hydrogens is 286 g/mol. The molecule has 0 radical (unpaired) electrons. The molecule has 0 fully saturated rings. The van der Waals surface area contributed by atoms with Crippen LogP contribution < -0.4 is 0 Å². The summed E-state index contributed by atoms with van der Waals surface area (Å²) in [6.07, 6.45) is 0. The SMILES string of the molecule is CN(CC(CO)c1ccccc1)S(=O)(=O)c1ccccc1. The molecule has 21 heavy (non-hydrogen) atoms. The van der Waals surface area contributed by atoms with Crippen LogP contribution >= 0.6 is 0 Å². The summed E-state index contributed by atoms with van der Waals surface area (Å²) in [5.74, 6) is -0.241. The van der Waals surface area contributed by atoms with Crippen molar-refractivity contribution in [1.82, 2.24) is 4.31 Å². The third kappa shape index (κ3) is 3.69. The van der Waals surface area contributed by atoms with Gasteiger partial charge in [0.2, 0.25) is 10.0 Å². The Morgan fingerprint density at radius 3 is 2.05 bits per heavy atom. The summed E-state index contributed by atoms with van der Waals surface area (Å²) in [7, 11) is -1.99. The molecule has 112 valence electrons. The number of likely N-dealkylation sites (N-methyl/N-ethyl adjacent to an activating group) is 1. The molecule has 0 aromatic heterocycles. The fourth-order valence-corrected chi connectivity index (χ4v) is 3.41. The van der Waals surface area contributed by atoms with Crippen LogP contribution in [0.3, 0.4) is 0 Å². The first kappa shape index (κ1) is 15.7. The van der Waals surface area contributed by atoms with E-state index in [-0.39, 0.29) is 24.0 Å². The van der Waals surface area contributed by atoms with Gasteiger partial charge in [-0.2, -0.15) is 0 Å². The zero-order valence-electron chi connectivity index (χ0n) is 11.9. The van der Waals surface area contributed by atoms with E-state index in [1.807, 2.05) is 30.3 Å². The Labute approximate surface area is 125 Å². The molecule has 1 unspecified atom stereocenters. The topological polar surface area (TPSA) is 57.6 Å². The summed E-state index contributed by atoms with van der Waals surface area (Å²) in [6, 6.07) is 17.7. The fraction of sp³-hybridized carbons (Fsp3) is 0.250. The van der Waals surface area contributed by atoms with Gasteiger partial charge in [-0.3, -0.25) is 0 Å². The fourth-order valence-electron chi connectivity index (χ4n) is 2.17. The average Bonchev–Trinajstić information content (AvgIpc) is 2.54. The van der Waals surface area contributed by atoms with E-state index in [1.165, 1.54) is 11.4 Å². The molecule has 0 aliphatic rings. The molecule has 0 heterocycles. The molecule has 2 rings (SSSR count). The molecule has 0 saturated carbocycles. The summed E-state index contributed by atoms with van der Waals surface area (Å²) < 4.78 is 26.2. The van der Waals surface area contributed by atoms with Gasteiger partial charge in [-0.25, -0.2) is 12.7 Å². The maximum Gasteiger partial charge on any atom is 0.242 e. The maximum absolute atomic E-state index is 12.5. The Balaban J connectivity index is 2.18. The van der Waals surface area contributed by atoms with Crippen LogP contribution in [0.2, 0.25) is 0 Å². The third-order valence-electron chi connectivity index (χ3n) is 3.42. The van der Waals surface area contributed by atoms with Crippen molar-refractivity contribution in [3.05, 3.63) is 66.2 Å². The van der Waals surface area contributed by atoms with Crippen molar-refractivity contribution >= 4 is 10.0 Å². The zero-order valence-corrected chi connectivity index (χ0v) is 12.7. The first-order valence-electron chi connectivity index (χ1n) is 6.73. The van der Waals surface area contributed by atoms with Crippen LogP contribution in [-0.2, 0) is 10.0 Å². The van der Waals surface area contributed by atoms with Gasteiger partial charge in [0.1, 0.15) is 0 Å². The summed E-state index contributed by atoms with van der Waals surface area (Å²) in [6.45, 7) is 0.135. The minimum atomic E-state index is -3.53. The normalized spacial score (nSPS) is 13.3. The van der Waals surface area contributed by atoms with Gasteiger partial charge < -0.3 is 5.11 Å². The van der Waals surface area contributed by atoms with Crippen molar-refractivity contribution < 1.29 is 13.5 Å². The number of hydrogen-bond donors (Lipinski definition) is 1. The molecule has 5 heteroatoms. The molecule has 0 aliphatic heterocycles. The molecule has 0 bridgehead atoms. The van der Waals surface area contributed by atoms with Gasteiger partial charge in [-0.1, -0.05) is 48.5 Å². The summed E-state index contributed by atoms with van der Waals surface area (Å²) in [4.78, 5) is 0.261. The van der Waals surface area contributed by atoms with Gasteiger partial charge in [0.15, 0.2) is 0 Å². The highest BCUT2D eigenvalue weighted by molar-refractivity contribution is 7.89. The molecule has 1 atom stereocenters. The van der Waals surface area contributed by atoms with Crippen molar-refractivity contribution in [1.29, 1.82) is 0 Å². The second-order valence-corrected chi connectivity index (χ2v) is 6.93. The van der Waals surface area contributed by atoms with E-state index in [0.29, 0.717) is 0 Å². The molecule has 0 aliphatic carbocycles. The van der Waals surface area contributed by atoms with Gasteiger partial charge in [-0.15, -0.1) is 0 Å². The van der Waals surface area contributed by atoms with E-state index in [4.69, 9.17) is 0 Å². The van der Waals surface area contributed by atoms with Crippen LogP contribution in [-0.4, -0.2) is 38.0 Å². The summed E-state index contributed by atoms with van der Waals surface area (Å²) in [5.41, 5.74) is 0.926. The predicted octanol–water partition coefficient (Wildman–Crippen LogP) is 2.08. The molecule has 1 N–H and O–H groups in total. The molecule has 0 spiro atoms. The first-order chi connectivity index (χ1) is 10.1. The number of hydrogen-bond acceptors (Lipinski definition) is 3. The lowest BCUT2D eigenvalue weighted by atomic mass is 10.0. The number of rotatable bonds is 6. The van der Waals surface area contributed by atoms with Crippen molar-refractivity contribution in [2.24, 2.45) is 0 Å². The number of sulfonamides is 1. The highest BCUT2D eigenvalue weighted by Gasteiger charge is 2.23. The highest BCUT2D eigenvalue weighted by Crippen LogP contribution is 2.20. The van der Waals surface area contributed by atoms with E-state index < -0.39 is 10.0 Å². The van der Waals surface area contributed by atoms with Crippen LogP contribution in [0.1, 0.15) is 11.5 Å². The molecule has 4 nitrogen and oxygen atoms in total. The molecule has 0 saturated heterocycles. The van der Waals surface area contributed by atoms with E-state index in [0.717, 1.165) is 5.56 Å². The van der Waals surface area contributed by atoms with E-state index >= 15 is 0 Å². The summed E-state index contributed by atoms with van der Waals surface area (Å²) in [5, 5.41) is 9.54. The Morgan fingerprint density at radius 2 is 1.52 bits per heavy atom. The predicted molar refractivity (Wildman–Crippen MR) is 82.5 cm³/mol. The van der Waals surface area contributed by atoms with E-state index in [1.54, 1.807) is 30.3 Å². The maximum atomic E-state index is 12.5.